The Kier molecular flexibility index (Phi) is 6.67. The molecule has 1 atom stereocenters. The first-order chi connectivity index (χ1) is 14.7. The lowest BCUT2D eigenvalue weighted by molar-refractivity contribution is -0.133. The Hall–Kier alpha value is -3.30. The molecule has 1 amide bonds. The number of benzene rings is 2. The molecule has 0 aliphatic heterocycles. The Morgan fingerprint density at radius 3 is 2.52 bits per heavy atom. The first-order valence-corrected chi connectivity index (χ1v) is 9.52. The highest BCUT2D eigenvalue weighted by Gasteiger charge is 2.27. The summed E-state index contributed by atoms with van der Waals surface area (Å²) in [7, 11) is 0. The lowest BCUT2D eigenvalue weighted by Gasteiger charge is -2.19. The molecule has 3 N–H and O–H groups in total. The van der Waals surface area contributed by atoms with Gasteiger partial charge >= 0.3 is 5.97 Å². The second-order valence-corrected chi connectivity index (χ2v) is 6.97. The minimum atomic E-state index is -1.53. The average Bonchev–Trinajstić information content (AvgIpc) is 2.70. The van der Waals surface area contributed by atoms with E-state index < -0.39 is 46.3 Å². The Morgan fingerprint density at radius 2 is 1.90 bits per heavy atom. The number of aromatic amines is 1. The molecule has 0 aliphatic carbocycles. The number of amides is 1. The van der Waals surface area contributed by atoms with Gasteiger partial charge in [-0.05, 0) is 42.8 Å². The van der Waals surface area contributed by atoms with Gasteiger partial charge in [0.2, 0.25) is 0 Å². The number of nitrogens with one attached hydrogen (secondary N) is 2. The normalized spacial score (nSPS) is 12.0. The molecular formula is C21H17ClF2N2O5. The Morgan fingerprint density at radius 1 is 1.23 bits per heavy atom. The van der Waals surface area contributed by atoms with Crippen molar-refractivity contribution in [1.82, 2.24) is 10.3 Å². The zero-order chi connectivity index (χ0) is 22.7. The van der Waals surface area contributed by atoms with Crippen LogP contribution in [-0.2, 0) is 16.1 Å². The third-order valence-electron chi connectivity index (χ3n) is 4.52. The van der Waals surface area contributed by atoms with E-state index in [0.717, 1.165) is 12.1 Å². The van der Waals surface area contributed by atoms with Crippen molar-refractivity contribution in [3.8, 4) is 0 Å². The lowest BCUT2D eigenvalue weighted by Crippen LogP contribution is -2.32. The maximum atomic E-state index is 14.2. The Labute approximate surface area is 179 Å². The number of carbonyl (C=O) groups excluding carboxylic acids is 1. The largest absolute Gasteiger partial charge is 0.477 e. The maximum Gasteiger partial charge on any atom is 0.341 e. The van der Waals surface area contributed by atoms with Crippen LogP contribution in [-0.4, -0.2) is 28.6 Å². The molecule has 0 spiro atoms. The molecule has 0 saturated heterocycles. The highest BCUT2D eigenvalue weighted by molar-refractivity contribution is 6.31. The van der Waals surface area contributed by atoms with Gasteiger partial charge in [-0.2, -0.15) is 0 Å². The third kappa shape index (κ3) is 4.73. The summed E-state index contributed by atoms with van der Waals surface area (Å²) < 4.78 is 33.6. The zero-order valence-corrected chi connectivity index (χ0v) is 16.9. The second-order valence-electron chi connectivity index (χ2n) is 6.53. The number of carboxylic acid groups (broad SMARTS) is 1. The lowest BCUT2D eigenvalue weighted by atomic mass is 10.1. The molecule has 0 fully saturated rings. The number of H-pyrrole nitrogens is 1. The molecule has 0 bridgehead atoms. The standard InChI is InChI=1S/C21H17ClF2N2O5/c1-2-31-18(16-14(23)4-3-5-15(16)24)20(28)25-9-11-7-12(22)6-10-8-13(21(29)30)19(27)26-17(10)11/h3-8,18H,2,9H2,1H3,(H,25,28)(H,26,27)(H,29,30). The van der Waals surface area contributed by atoms with Crippen LogP contribution in [0, 0.1) is 11.6 Å². The topological polar surface area (TPSA) is 108 Å². The monoisotopic (exact) mass is 450 g/mol. The van der Waals surface area contributed by atoms with Crippen molar-refractivity contribution in [2.75, 3.05) is 6.61 Å². The van der Waals surface area contributed by atoms with Crippen LogP contribution in [0.15, 0.2) is 41.2 Å². The van der Waals surface area contributed by atoms with E-state index in [1.165, 1.54) is 24.3 Å². The molecular weight excluding hydrogens is 434 g/mol. The summed E-state index contributed by atoms with van der Waals surface area (Å²) in [6, 6.07) is 7.32. The number of fused-ring (bicyclic) bond motifs is 1. The number of carboxylic acids is 1. The fraction of sp³-hybridized carbons (Fsp3) is 0.190. The van der Waals surface area contributed by atoms with Gasteiger partial charge in [-0.3, -0.25) is 9.59 Å². The van der Waals surface area contributed by atoms with Crippen LogP contribution in [0.3, 0.4) is 0 Å². The fourth-order valence-corrected chi connectivity index (χ4v) is 3.40. The van der Waals surface area contributed by atoms with Crippen LogP contribution in [0.4, 0.5) is 8.78 Å². The number of hydrogen-bond donors (Lipinski definition) is 3. The molecule has 3 aromatic rings. The van der Waals surface area contributed by atoms with E-state index in [2.05, 4.69) is 10.3 Å². The number of aromatic carboxylic acids is 1. The van der Waals surface area contributed by atoms with E-state index in [-0.39, 0.29) is 23.7 Å². The van der Waals surface area contributed by atoms with Gasteiger partial charge in [-0.1, -0.05) is 17.7 Å². The number of ether oxygens (including phenoxy) is 1. The summed E-state index contributed by atoms with van der Waals surface area (Å²) in [5.41, 5.74) is -1.16. The molecule has 1 heterocycles. The summed E-state index contributed by atoms with van der Waals surface area (Å²) in [5, 5.41) is 12.2. The number of aromatic nitrogens is 1. The number of hydrogen-bond acceptors (Lipinski definition) is 4. The molecule has 0 saturated carbocycles. The van der Waals surface area contributed by atoms with E-state index >= 15 is 0 Å². The summed E-state index contributed by atoms with van der Waals surface area (Å²) >= 11 is 6.08. The zero-order valence-electron chi connectivity index (χ0n) is 16.2. The fourth-order valence-electron chi connectivity index (χ4n) is 3.15. The maximum absolute atomic E-state index is 14.2. The molecule has 2 aromatic carbocycles. The van der Waals surface area contributed by atoms with E-state index in [9.17, 15) is 23.2 Å². The van der Waals surface area contributed by atoms with Crippen LogP contribution in [0.5, 0.6) is 0 Å². The summed E-state index contributed by atoms with van der Waals surface area (Å²) in [6.45, 7) is 1.43. The van der Waals surface area contributed by atoms with Crippen LogP contribution in [0.1, 0.15) is 34.5 Å². The van der Waals surface area contributed by atoms with Crippen LogP contribution < -0.4 is 10.9 Å². The first kappa shape index (κ1) is 22.4. The van der Waals surface area contributed by atoms with Crippen molar-refractivity contribution in [3.05, 3.63) is 80.1 Å². The molecule has 1 unspecified atom stereocenters. The summed E-state index contributed by atoms with van der Waals surface area (Å²) in [6.07, 6.45) is -1.53. The van der Waals surface area contributed by atoms with Gasteiger partial charge in [0.05, 0.1) is 11.1 Å². The van der Waals surface area contributed by atoms with Gasteiger partial charge < -0.3 is 20.1 Å². The first-order valence-electron chi connectivity index (χ1n) is 9.14. The Bertz CT molecular complexity index is 1210. The van der Waals surface area contributed by atoms with E-state index in [1.807, 2.05) is 0 Å². The molecule has 7 nitrogen and oxygen atoms in total. The van der Waals surface area contributed by atoms with Crippen LogP contribution in [0.2, 0.25) is 5.02 Å². The minimum absolute atomic E-state index is 0.0250. The molecule has 31 heavy (non-hydrogen) atoms. The molecule has 0 aliphatic rings. The SMILES string of the molecule is CCOC(C(=O)NCc1cc(Cl)cc2cc(C(=O)O)c(=O)[nH]c12)c1c(F)cccc1F. The summed E-state index contributed by atoms with van der Waals surface area (Å²) in [5.74, 6) is -4.05. The number of rotatable bonds is 7. The van der Waals surface area contributed by atoms with Crippen molar-refractivity contribution < 1.29 is 28.2 Å². The molecule has 162 valence electrons. The van der Waals surface area contributed by atoms with Gasteiger partial charge in [-0.15, -0.1) is 0 Å². The van der Waals surface area contributed by atoms with Gasteiger partial charge in [0, 0.05) is 23.6 Å². The quantitative estimate of drug-likeness (QED) is 0.510. The van der Waals surface area contributed by atoms with Gasteiger partial charge in [-0.25, -0.2) is 13.6 Å². The smallest absolute Gasteiger partial charge is 0.341 e. The minimum Gasteiger partial charge on any atom is -0.477 e. The van der Waals surface area contributed by atoms with Crippen molar-refractivity contribution in [2.45, 2.75) is 19.6 Å². The van der Waals surface area contributed by atoms with E-state index in [1.54, 1.807) is 6.92 Å². The van der Waals surface area contributed by atoms with Crippen LogP contribution in [0.25, 0.3) is 10.9 Å². The highest BCUT2D eigenvalue weighted by atomic mass is 35.5. The van der Waals surface area contributed by atoms with E-state index in [4.69, 9.17) is 21.4 Å². The van der Waals surface area contributed by atoms with Gasteiger partial charge in [0.1, 0.15) is 17.2 Å². The van der Waals surface area contributed by atoms with Crippen molar-refractivity contribution in [1.29, 1.82) is 0 Å². The highest BCUT2D eigenvalue weighted by Crippen LogP contribution is 2.26. The predicted octanol–water partition coefficient (Wildman–Crippen LogP) is 3.55. The van der Waals surface area contributed by atoms with E-state index in [0.29, 0.717) is 10.9 Å². The number of pyridine rings is 1. The molecule has 0 radical (unpaired) electrons. The number of carbonyl (C=O) groups is 2. The molecule has 1 aromatic heterocycles. The van der Waals surface area contributed by atoms with Crippen LogP contribution >= 0.6 is 11.6 Å². The molecule has 10 heteroatoms. The van der Waals surface area contributed by atoms with Gasteiger partial charge in [0.25, 0.3) is 11.5 Å². The van der Waals surface area contributed by atoms with Crippen molar-refractivity contribution >= 4 is 34.4 Å². The van der Waals surface area contributed by atoms with Crippen molar-refractivity contribution in [2.24, 2.45) is 0 Å². The third-order valence-corrected chi connectivity index (χ3v) is 4.73. The average molecular weight is 451 g/mol. The van der Waals surface area contributed by atoms with Gasteiger partial charge in [0.15, 0.2) is 6.10 Å². The Balaban J connectivity index is 1.93. The summed E-state index contributed by atoms with van der Waals surface area (Å²) in [4.78, 5) is 38.4. The van der Waals surface area contributed by atoms with Crippen molar-refractivity contribution in [3.63, 3.8) is 0 Å². The second kappa shape index (κ2) is 9.23. The predicted molar refractivity (Wildman–Crippen MR) is 109 cm³/mol. The number of halogens is 3. The molecule has 3 rings (SSSR count).